The van der Waals surface area contributed by atoms with Gasteiger partial charge in [0.2, 0.25) is 0 Å². The van der Waals surface area contributed by atoms with E-state index in [0.717, 1.165) is 16.7 Å². The fourth-order valence-corrected chi connectivity index (χ4v) is 4.08. The zero-order chi connectivity index (χ0) is 23.6. The first-order valence-corrected chi connectivity index (χ1v) is 11.5. The molecule has 0 unspecified atom stereocenters. The minimum atomic E-state index is -1.17. The minimum absolute atomic E-state index is 0.247. The van der Waals surface area contributed by atoms with Gasteiger partial charge in [-0.3, -0.25) is 0 Å². The molecule has 180 valence electrons. The molecule has 1 aliphatic rings. The van der Waals surface area contributed by atoms with E-state index < -0.39 is 30.7 Å². The summed E-state index contributed by atoms with van der Waals surface area (Å²) in [6, 6.07) is 29.6. The summed E-state index contributed by atoms with van der Waals surface area (Å²) in [7, 11) is 1.60. The van der Waals surface area contributed by atoms with E-state index in [4.69, 9.17) is 23.7 Å². The second-order valence-electron chi connectivity index (χ2n) is 8.29. The Morgan fingerprint density at radius 1 is 0.647 bits per heavy atom. The Kier molecular flexibility index (Phi) is 9.21. The molecule has 0 aliphatic carbocycles. The lowest BCUT2D eigenvalue weighted by molar-refractivity contribution is -0.312. The van der Waals surface area contributed by atoms with Crippen LogP contribution in [0.3, 0.4) is 0 Å². The Balaban J connectivity index is 1.45. The molecular formula is C28H32O6. The summed E-state index contributed by atoms with van der Waals surface area (Å²) < 4.78 is 30.1. The average Bonchev–Trinajstić information content (AvgIpc) is 2.89. The first-order chi connectivity index (χ1) is 16.7. The number of benzene rings is 3. The van der Waals surface area contributed by atoms with Crippen LogP contribution in [-0.4, -0.2) is 49.5 Å². The average molecular weight is 465 g/mol. The van der Waals surface area contributed by atoms with E-state index in [-0.39, 0.29) is 6.61 Å². The molecule has 0 radical (unpaired) electrons. The third kappa shape index (κ3) is 6.73. The van der Waals surface area contributed by atoms with Crippen molar-refractivity contribution in [3.8, 4) is 0 Å². The molecule has 1 fully saturated rings. The van der Waals surface area contributed by atoms with Gasteiger partial charge in [0, 0.05) is 7.11 Å². The third-order valence-electron chi connectivity index (χ3n) is 5.85. The SMILES string of the molecule is CO[C@@H]1[C@@H](OCc2ccccc2)[C@H](O)O[C@H](COCc2ccccc2)[C@@H]1OCc1ccccc1. The van der Waals surface area contributed by atoms with E-state index in [1.807, 2.05) is 91.0 Å². The van der Waals surface area contributed by atoms with Gasteiger partial charge >= 0.3 is 0 Å². The molecule has 6 heteroatoms. The van der Waals surface area contributed by atoms with Crippen LogP contribution in [0.25, 0.3) is 0 Å². The highest BCUT2D eigenvalue weighted by molar-refractivity contribution is 5.15. The zero-order valence-corrected chi connectivity index (χ0v) is 19.4. The highest BCUT2D eigenvalue weighted by Gasteiger charge is 2.47. The normalized spacial score (nSPS) is 24.7. The number of methoxy groups -OCH3 is 1. The van der Waals surface area contributed by atoms with E-state index >= 15 is 0 Å². The van der Waals surface area contributed by atoms with E-state index in [9.17, 15) is 5.11 Å². The monoisotopic (exact) mass is 464 g/mol. The number of aliphatic hydroxyl groups is 1. The van der Waals surface area contributed by atoms with Crippen molar-refractivity contribution in [1.82, 2.24) is 0 Å². The lowest BCUT2D eigenvalue weighted by Gasteiger charge is -2.44. The molecule has 3 aromatic carbocycles. The first kappa shape index (κ1) is 24.5. The number of hydrogen-bond acceptors (Lipinski definition) is 6. The van der Waals surface area contributed by atoms with Crippen molar-refractivity contribution in [3.05, 3.63) is 108 Å². The predicted molar refractivity (Wildman–Crippen MR) is 128 cm³/mol. The number of aliphatic hydroxyl groups excluding tert-OH is 1. The topological polar surface area (TPSA) is 66.4 Å². The molecule has 34 heavy (non-hydrogen) atoms. The molecular weight excluding hydrogens is 432 g/mol. The lowest BCUT2D eigenvalue weighted by atomic mass is 9.98. The smallest absolute Gasteiger partial charge is 0.184 e. The van der Waals surface area contributed by atoms with Crippen LogP contribution in [0, 0.1) is 0 Å². The molecule has 0 amide bonds. The Morgan fingerprint density at radius 3 is 1.62 bits per heavy atom. The molecule has 1 aliphatic heterocycles. The molecule has 6 nitrogen and oxygen atoms in total. The zero-order valence-electron chi connectivity index (χ0n) is 19.4. The maximum atomic E-state index is 10.8. The van der Waals surface area contributed by atoms with Crippen molar-refractivity contribution >= 4 is 0 Å². The summed E-state index contributed by atoms with van der Waals surface area (Å²) in [5, 5.41) is 10.8. The van der Waals surface area contributed by atoms with Crippen molar-refractivity contribution in [1.29, 1.82) is 0 Å². The molecule has 0 saturated carbocycles. The Hall–Kier alpha value is -2.58. The molecule has 0 bridgehead atoms. The Morgan fingerprint density at radius 2 is 1.12 bits per heavy atom. The van der Waals surface area contributed by atoms with Crippen molar-refractivity contribution in [2.75, 3.05) is 13.7 Å². The lowest BCUT2D eigenvalue weighted by Crippen LogP contribution is -2.61. The Bertz CT molecular complexity index is 952. The summed E-state index contributed by atoms with van der Waals surface area (Å²) >= 11 is 0. The first-order valence-electron chi connectivity index (χ1n) is 11.5. The van der Waals surface area contributed by atoms with Gasteiger partial charge in [0.25, 0.3) is 0 Å². The molecule has 1 heterocycles. The second kappa shape index (κ2) is 12.8. The summed E-state index contributed by atoms with van der Waals surface area (Å²) in [4.78, 5) is 0. The summed E-state index contributed by atoms with van der Waals surface area (Å²) in [5.74, 6) is 0. The van der Waals surface area contributed by atoms with Crippen LogP contribution in [0.5, 0.6) is 0 Å². The highest BCUT2D eigenvalue weighted by Crippen LogP contribution is 2.29. The molecule has 0 spiro atoms. The van der Waals surface area contributed by atoms with Gasteiger partial charge in [0.1, 0.15) is 24.4 Å². The minimum Gasteiger partial charge on any atom is -0.376 e. The van der Waals surface area contributed by atoms with E-state index in [1.54, 1.807) is 7.11 Å². The number of hydrogen-bond donors (Lipinski definition) is 1. The van der Waals surface area contributed by atoms with Gasteiger partial charge in [-0.1, -0.05) is 91.0 Å². The van der Waals surface area contributed by atoms with Crippen LogP contribution in [0.15, 0.2) is 91.0 Å². The molecule has 4 rings (SSSR count). The fourth-order valence-electron chi connectivity index (χ4n) is 4.08. The predicted octanol–water partition coefficient (Wildman–Crippen LogP) is 4.11. The van der Waals surface area contributed by atoms with Gasteiger partial charge in [-0.05, 0) is 16.7 Å². The summed E-state index contributed by atoms with van der Waals surface area (Å²) in [6.07, 6.45) is -3.44. The van der Waals surface area contributed by atoms with E-state index in [0.29, 0.717) is 19.8 Å². The highest BCUT2D eigenvalue weighted by atomic mass is 16.7. The van der Waals surface area contributed by atoms with Crippen molar-refractivity contribution in [3.63, 3.8) is 0 Å². The summed E-state index contributed by atoms with van der Waals surface area (Å²) in [6.45, 7) is 1.39. The van der Waals surface area contributed by atoms with E-state index in [2.05, 4.69) is 0 Å². The van der Waals surface area contributed by atoms with Gasteiger partial charge in [-0.2, -0.15) is 0 Å². The van der Waals surface area contributed by atoms with Gasteiger partial charge in [-0.15, -0.1) is 0 Å². The second-order valence-corrected chi connectivity index (χ2v) is 8.29. The maximum absolute atomic E-state index is 10.8. The molecule has 1 N–H and O–H groups in total. The van der Waals surface area contributed by atoms with Crippen LogP contribution < -0.4 is 0 Å². The van der Waals surface area contributed by atoms with Crippen LogP contribution in [0.2, 0.25) is 0 Å². The summed E-state index contributed by atoms with van der Waals surface area (Å²) in [5.41, 5.74) is 3.10. The van der Waals surface area contributed by atoms with E-state index in [1.165, 1.54) is 0 Å². The van der Waals surface area contributed by atoms with Gasteiger partial charge in [-0.25, -0.2) is 0 Å². The van der Waals surface area contributed by atoms with Crippen molar-refractivity contribution < 1.29 is 28.8 Å². The number of rotatable bonds is 11. The van der Waals surface area contributed by atoms with Crippen molar-refractivity contribution in [2.24, 2.45) is 0 Å². The quantitative estimate of drug-likeness (QED) is 0.461. The third-order valence-corrected chi connectivity index (χ3v) is 5.85. The van der Waals surface area contributed by atoms with Gasteiger partial charge in [0.05, 0.1) is 26.4 Å². The Labute approximate surface area is 201 Å². The standard InChI is InChI=1S/C28H32O6/c1-30-26-25(32-18-22-13-7-3-8-14-22)24(20-31-17-21-11-5-2-6-12-21)34-28(29)27(26)33-19-23-15-9-4-10-16-23/h2-16,24-29H,17-20H2,1H3/t24-,25+,26+,27-,28-/m1/s1. The fraction of sp³-hybridized carbons (Fsp3) is 0.357. The molecule has 0 aromatic heterocycles. The largest absolute Gasteiger partial charge is 0.376 e. The van der Waals surface area contributed by atoms with Crippen LogP contribution in [0.4, 0.5) is 0 Å². The van der Waals surface area contributed by atoms with Crippen molar-refractivity contribution in [2.45, 2.75) is 50.5 Å². The van der Waals surface area contributed by atoms with Crippen LogP contribution >= 0.6 is 0 Å². The number of ether oxygens (including phenoxy) is 5. The van der Waals surface area contributed by atoms with Gasteiger partial charge in [0.15, 0.2) is 6.29 Å². The molecule has 1 saturated heterocycles. The molecule has 5 atom stereocenters. The van der Waals surface area contributed by atoms with Gasteiger partial charge < -0.3 is 28.8 Å². The molecule has 3 aromatic rings. The van der Waals surface area contributed by atoms with Crippen LogP contribution in [0.1, 0.15) is 16.7 Å². The van der Waals surface area contributed by atoms with Crippen LogP contribution in [-0.2, 0) is 43.5 Å². The maximum Gasteiger partial charge on any atom is 0.184 e.